The van der Waals surface area contributed by atoms with Crippen molar-refractivity contribution in [3.63, 3.8) is 0 Å². The van der Waals surface area contributed by atoms with Gasteiger partial charge in [-0.1, -0.05) is 102 Å². The standard InChI is InChI=1S/C22H18O3.C21H20O2.C14H14O3S/c1-15-3-11-20(12-4-15)25-21-13-9-19(10-14-21)22(24)18-7-5-17(6-8-18)16(2)23;1-16-3-9-20(10-4-16)23-21-13-7-18(8-14-21)15-17-5-11-19(22-2)12-6-17;1-11-3-7-13(8-4-11)18(15,16)14-9-5-12(17-2)6-10-14/h3-14H,1-2H3;3-14H,15H2,1-2H3;3-10H,1-2H3. The first-order valence-corrected chi connectivity index (χ1v) is 22.7. The molecule has 0 N–H and O–H groups in total. The quantitative estimate of drug-likeness (QED) is 0.105. The van der Waals surface area contributed by atoms with Crippen molar-refractivity contribution in [2.24, 2.45) is 0 Å². The molecule has 66 heavy (non-hydrogen) atoms. The van der Waals surface area contributed by atoms with E-state index in [-0.39, 0.29) is 16.5 Å². The average molecular weight is 897 g/mol. The van der Waals surface area contributed by atoms with Crippen molar-refractivity contribution < 1.29 is 37.0 Å². The van der Waals surface area contributed by atoms with Gasteiger partial charge < -0.3 is 18.9 Å². The number of hydrogen-bond acceptors (Lipinski definition) is 8. The van der Waals surface area contributed by atoms with Gasteiger partial charge in [-0.2, -0.15) is 0 Å². The molecule has 8 nitrogen and oxygen atoms in total. The fraction of sp³-hybridized carbons (Fsp3) is 0.123. The zero-order valence-electron chi connectivity index (χ0n) is 37.9. The van der Waals surface area contributed by atoms with Gasteiger partial charge in [0.25, 0.3) is 0 Å². The predicted molar refractivity (Wildman–Crippen MR) is 261 cm³/mol. The molecule has 0 unspecified atom stereocenters. The topological polar surface area (TPSA) is 105 Å². The molecule has 8 rings (SSSR count). The van der Waals surface area contributed by atoms with Crippen LogP contribution in [0.2, 0.25) is 0 Å². The Bertz CT molecular complexity index is 2910. The normalized spacial score (nSPS) is 10.6. The van der Waals surface area contributed by atoms with E-state index in [4.69, 9.17) is 18.9 Å². The minimum absolute atomic E-state index is 0.0170. The fourth-order valence-corrected chi connectivity index (χ4v) is 7.71. The van der Waals surface area contributed by atoms with Gasteiger partial charge in [-0.15, -0.1) is 0 Å². The number of Topliss-reactive ketones (excluding diaryl/α,β-unsaturated/α-hetero) is 1. The summed E-state index contributed by atoms with van der Waals surface area (Å²) in [6.07, 6.45) is 0.898. The molecule has 0 spiro atoms. The molecular formula is C57H52O8S. The first kappa shape index (κ1) is 47.7. The maximum Gasteiger partial charge on any atom is 0.206 e. The van der Waals surface area contributed by atoms with E-state index in [0.29, 0.717) is 33.1 Å². The molecule has 0 fully saturated rings. The molecule has 8 aromatic carbocycles. The van der Waals surface area contributed by atoms with Crippen LogP contribution in [0.5, 0.6) is 34.5 Å². The Hall–Kier alpha value is -7.75. The van der Waals surface area contributed by atoms with E-state index in [1.54, 1.807) is 111 Å². The number of hydrogen-bond donors (Lipinski definition) is 0. The molecule has 8 aromatic rings. The van der Waals surface area contributed by atoms with E-state index < -0.39 is 9.84 Å². The molecule has 0 atom stereocenters. The molecule has 9 heteroatoms. The van der Waals surface area contributed by atoms with Gasteiger partial charge in [0.2, 0.25) is 9.84 Å². The van der Waals surface area contributed by atoms with Crippen LogP contribution in [0.15, 0.2) is 204 Å². The number of carbonyl (C=O) groups excluding carboxylic acids is 2. The predicted octanol–water partition coefficient (Wildman–Crippen LogP) is 13.4. The lowest BCUT2D eigenvalue weighted by molar-refractivity contribution is 0.101. The zero-order valence-corrected chi connectivity index (χ0v) is 38.7. The van der Waals surface area contributed by atoms with Crippen LogP contribution >= 0.6 is 0 Å². The van der Waals surface area contributed by atoms with Gasteiger partial charge in [-0.3, -0.25) is 9.59 Å². The van der Waals surface area contributed by atoms with Crippen molar-refractivity contribution in [3.05, 3.63) is 239 Å². The average Bonchev–Trinajstić information content (AvgIpc) is 3.34. The second kappa shape index (κ2) is 22.7. The van der Waals surface area contributed by atoms with Crippen LogP contribution in [0, 0.1) is 20.8 Å². The summed E-state index contributed by atoms with van der Waals surface area (Å²) in [6.45, 7) is 7.51. The van der Waals surface area contributed by atoms with Crippen LogP contribution in [-0.2, 0) is 16.3 Å². The molecule has 0 amide bonds. The molecule has 0 aliphatic rings. The van der Waals surface area contributed by atoms with E-state index >= 15 is 0 Å². The molecule has 0 bridgehead atoms. The summed E-state index contributed by atoms with van der Waals surface area (Å²) in [5.41, 5.74) is 7.67. The largest absolute Gasteiger partial charge is 0.497 e. The Labute approximate surface area is 388 Å². The Balaban J connectivity index is 0.000000166. The lowest BCUT2D eigenvalue weighted by Crippen LogP contribution is -2.02. The van der Waals surface area contributed by atoms with Gasteiger partial charge in [0.1, 0.15) is 34.5 Å². The lowest BCUT2D eigenvalue weighted by Gasteiger charge is -2.08. The smallest absolute Gasteiger partial charge is 0.206 e. The summed E-state index contributed by atoms with van der Waals surface area (Å²) >= 11 is 0. The van der Waals surface area contributed by atoms with E-state index in [1.807, 2.05) is 86.6 Å². The Kier molecular flexibility index (Phi) is 16.4. The maximum absolute atomic E-state index is 12.5. The molecule has 0 saturated carbocycles. The number of carbonyl (C=O) groups is 2. The van der Waals surface area contributed by atoms with E-state index in [0.717, 1.165) is 35.0 Å². The monoisotopic (exact) mass is 896 g/mol. The molecule has 0 aliphatic heterocycles. The number of methoxy groups -OCH3 is 2. The number of ketones is 2. The van der Waals surface area contributed by atoms with Gasteiger partial charge in [-0.05, 0) is 154 Å². The highest BCUT2D eigenvalue weighted by atomic mass is 32.2. The number of ether oxygens (including phenoxy) is 4. The van der Waals surface area contributed by atoms with Gasteiger partial charge in [-0.25, -0.2) is 8.42 Å². The summed E-state index contributed by atoms with van der Waals surface area (Å²) in [6, 6.07) is 59.2. The van der Waals surface area contributed by atoms with Gasteiger partial charge in [0.05, 0.1) is 24.0 Å². The van der Waals surface area contributed by atoms with Crippen LogP contribution in [0.4, 0.5) is 0 Å². The third kappa shape index (κ3) is 13.6. The highest BCUT2D eigenvalue weighted by Crippen LogP contribution is 2.26. The first-order chi connectivity index (χ1) is 31.8. The van der Waals surface area contributed by atoms with Gasteiger partial charge in [0.15, 0.2) is 11.6 Å². The summed E-state index contributed by atoms with van der Waals surface area (Å²) in [5.74, 6) is 4.56. The van der Waals surface area contributed by atoms with Crippen LogP contribution in [0.1, 0.15) is 61.0 Å². The molecule has 334 valence electrons. The van der Waals surface area contributed by atoms with Crippen molar-refractivity contribution >= 4 is 21.4 Å². The van der Waals surface area contributed by atoms with Crippen molar-refractivity contribution in [2.45, 2.75) is 43.9 Å². The summed E-state index contributed by atoms with van der Waals surface area (Å²) in [4.78, 5) is 24.4. The summed E-state index contributed by atoms with van der Waals surface area (Å²) in [5, 5.41) is 0. The third-order valence-electron chi connectivity index (χ3n) is 10.4. The highest BCUT2D eigenvalue weighted by molar-refractivity contribution is 7.91. The zero-order chi connectivity index (χ0) is 47.1. The van der Waals surface area contributed by atoms with Crippen LogP contribution < -0.4 is 18.9 Å². The van der Waals surface area contributed by atoms with Crippen molar-refractivity contribution in [1.82, 2.24) is 0 Å². The highest BCUT2D eigenvalue weighted by Gasteiger charge is 2.17. The molecule has 0 aliphatic carbocycles. The lowest BCUT2D eigenvalue weighted by atomic mass is 10.0. The fourth-order valence-electron chi connectivity index (χ4n) is 6.44. The number of rotatable bonds is 13. The second-order valence-electron chi connectivity index (χ2n) is 15.5. The summed E-state index contributed by atoms with van der Waals surface area (Å²) in [7, 11) is -0.209. The summed E-state index contributed by atoms with van der Waals surface area (Å²) < 4.78 is 46.4. The minimum atomic E-state index is -3.44. The van der Waals surface area contributed by atoms with Crippen molar-refractivity contribution in [2.75, 3.05) is 14.2 Å². The van der Waals surface area contributed by atoms with E-state index in [9.17, 15) is 18.0 Å². The maximum atomic E-state index is 12.5. The van der Waals surface area contributed by atoms with Crippen molar-refractivity contribution in [3.8, 4) is 34.5 Å². The van der Waals surface area contributed by atoms with Crippen LogP contribution in [-0.4, -0.2) is 34.2 Å². The van der Waals surface area contributed by atoms with Crippen molar-refractivity contribution in [1.29, 1.82) is 0 Å². The molecule has 0 aromatic heterocycles. The van der Waals surface area contributed by atoms with Crippen LogP contribution in [0.25, 0.3) is 0 Å². The van der Waals surface area contributed by atoms with Gasteiger partial charge in [0, 0.05) is 16.7 Å². The van der Waals surface area contributed by atoms with E-state index in [1.165, 1.54) is 29.2 Å². The SMILES string of the molecule is CC(=O)c1ccc(C(=O)c2ccc(Oc3ccc(C)cc3)cc2)cc1.COc1ccc(Cc2ccc(Oc3ccc(C)cc3)cc2)cc1.COc1ccc(S(=O)(=O)c2ccc(C)cc2)cc1. The molecule has 0 saturated heterocycles. The number of sulfone groups is 1. The van der Waals surface area contributed by atoms with Crippen LogP contribution in [0.3, 0.4) is 0 Å². The molecule has 0 heterocycles. The first-order valence-electron chi connectivity index (χ1n) is 21.2. The van der Waals surface area contributed by atoms with E-state index in [2.05, 4.69) is 31.2 Å². The molecule has 0 radical (unpaired) electrons. The number of aryl methyl sites for hydroxylation is 3. The second-order valence-corrected chi connectivity index (χ2v) is 17.4. The van der Waals surface area contributed by atoms with Gasteiger partial charge >= 0.3 is 0 Å². The minimum Gasteiger partial charge on any atom is -0.497 e. The Morgan fingerprint density at radius 3 is 1.02 bits per heavy atom. The Morgan fingerprint density at radius 2 is 0.652 bits per heavy atom. The Morgan fingerprint density at radius 1 is 0.379 bits per heavy atom. The number of benzene rings is 8. The molecular weight excluding hydrogens is 845 g/mol. The third-order valence-corrected chi connectivity index (χ3v) is 12.2.